The zero-order valence-electron chi connectivity index (χ0n) is 23.3. The largest absolute Gasteiger partial charge is 0.619 e. The van der Waals surface area contributed by atoms with E-state index in [9.17, 15) is 33.1 Å². The van der Waals surface area contributed by atoms with Gasteiger partial charge in [0.05, 0.1) is 11.3 Å². The average Bonchev–Trinajstić information content (AvgIpc) is 2.90. The Balaban J connectivity index is 1.69. The van der Waals surface area contributed by atoms with Crippen molar-refractivity contribution in [3.63, 3.8) is 0 Å². The number of anilines is 1. The predicted octanol–water partition coefficient (Wildman–Crippen LogP) is 6.52. The lowest BCUT2D eigenvalue weighted by molar-refractivity contribution is -0.605. The summed E-state index contributed by atoms with van der Waals surface area (Å²) in [5, 5.41) is 21.5. The van der Waals surface area contributed by atoms with Crippen LogP contribution in [0.2, 0.25) is 0 Å². The number of pyridine rings is 2. The molecule has 1 aliphatic carbocycles. The van der Waals surface area contributed by atoms with Crippen molar-refractivity contribution in [2.24, 2.45) is 11.8 Å². The highest BCUT2D eigenvalue weighted by molar-refractivity contribution is 6.03. The highest BCUT2D eigenvalue weighted by atomic mass is 19.4. The molecular formula is C30H31F4N3O5. The van der Waals surface area contributed by atoms with E-state index in [2.05, 4.69) is 11.9 Å². The number of carboxylic acid groups (broad SMARTS) is 1. The number of hydrogen-bond donors (Lipinski definition) is 1. The third kappa shape index (κ3) is 6.97. The first-order chi connectivity index (χ1) is 19.7. The zero-order valence-corrected chi connectivity index (χ0v) is 23.3. The Morgan fingerprint density at radius 3 is 2.45 bits per heavy atom. The van der Waals surface area contributed by atoms with Crippen molar-refractivity contribution >= 4 is 17.6 Å². The summed E-state index contributed by atoms with van der Waals surface area (Å²) in [5.74, 6) is -4.65. The van der Waals surface area contributed by atoms with Crippen molar-refractivity contribution in [3.8, 4) is 11.6 Å². The number of carbonyl (C=O) groups excluding carboxylic acids is 1. The van der Waals surface area contributed by atoms with Crippen LogP contribution in [0.4, 0.5) is 23.2 Å². The maximum absolute atomic E-state index is 15.4. The van der Waals surface area contributed by atoms with Crippen molar-refractivity contribution in [1.29, 1.82) is 0 Å². The van der Waals surface area contributed by atoms with E-state index in [0.717, 1.165) is 37.2 Å². The fraction of sp³-hybridized carbons (Fsp3) is 0.400. The highest BCUT2D eigenvalue weighted by Crippen LogP contribution is 2.40. The van der Waals surface area contributed by atoms with Crippen LogP contribution in [0.3, 0.4) is 0 Å². The number of rotatable bonds is 8. The summed E-state index contributed by atoms with van der Waals surface area (Å²) >= 11 is 0. The number of aromatic carboxylic acids is 1. The van der Waals surface area contributed by atoms with Gasteiger partial charge in [-0.25, -0.2) is 14.2 Å². The number of alkyl halides is 3. The Morgan fingerprint density at radius 2 is 1.86 bits per heavy atom. The molecule has 0 aliphatic heterocycles. The Hall–Kier alpha value is -4.22. The summed E-state index contributed by atoms with van der Waals surface area (Å²) in [6.45, 7) is 5.44. The monoisotopic (exact) mass is 589 g/mol. The van der Waals surface area contributed by atoms with Crippen molar-refractivity contribution in [2.75, 3.05) is 4.90 Å². The van der Waals surface area contributed by atoms with Gasteiger partial charge in [0.25, 0.3) is 0 Å². The van der Waals surface area contributed by atoms with E-state index in [4.69, 9.17) is 4.74 Å². The molecule has 2 aromatic heterocycles. The van der Waals surface area contributed by atoms with E-state index in [1.54, 1.807) is 19.9 Å². The maximum atomic E-state index is 15.4. The van der Waals surface area contributed by atoms with Crippen molar-refractivity contribution in [1.82, 2.24) is 4.98 Å². The molecule has 42 heavy (non-hydrogen) atoms. The second-order valence-corrected chi connectivity index (χ2v) is 10.9. The van der Waals surface area contributed by atoms with Gasteiger partial charge >= 0.3 is 12.1 Å². The fourth-order valence-electron chi connectivity index (χ4n) is 5.17. The normalized spacial score (nSPS) is 17.2. The molecule has 1 fully saturated rings. The smallest absolute Gasteiger partial charge is 0.421 e. The van der Waals surface area contributed by atoms with Gasteiger partial charge in [0, 0.05) is 48.3 Å². The third-order valence-electron chi connectivity index (χ3n) is 7.32. The molecule has 4 rings (SSSR count). The van der Waals surface area contributed by atoms with E-state index in [1.165, 1.54) is 23.4 Å². The molecule has 1 amide bonds. The van der Waals surface area contributed by atoms with Crippen LogP contribution in [0.15, 0.2) is 48.9 Å². The quantitative estimate of drug-likeness (QED) is 0.182. The number of halogens is 4. The Bertz CT molecular complexity index is 1470. The lowest BCUT2D eigenvalue weighted by atomic mass is 9.82. The Kier molecular flexibility index (Phi) is 9.03. The van der Waals surface area contributed by atoms with Crippen LogP contribution < -0.4 is 14.4 Å². The van der Waals surface area contributed by atoms with Crippen LogP contribution >= 0.6 is 0 Å². The molecule has 0 atom stereocenters. The highest BCUT2D eigenvalue weighted by Gasteiger charge is 2.37. The van der Waals surface area contributed by atoms with Crippen molar-refractivity contribution in [2.45, 2.75) is 65.1 Å². The van der Waals surface area contributed by atoms with Gasteiger partial charge in [-0.15, -0.1) is 0 Å². The van der Waals surface area contributed by atoms with Gasteiger partial charge in [-0.1, -0.05) is 6.92 Å². The summed E-state index contributed by atoms with van der Waals surface area (Å²) in [5.41, 5.74) is -1.46. The number of nitrogens with zero attached hydrogens (tertiary/aromatic N) is 3. The summed E-state index contributed by atoms with van der Waals surface area (Å²) in [4.78, 5) is 30.7. The van der Waals surface area contributed by atoms with Crippen LogP contribution in [0.5, 0.6) is 11.6 Å². The number of carbonyl (C=O) groups is 2. The lowest BCUT2D eigenvalue weighted by Crippen LogP contribution is -2.43. The molecule has 1 aromatic carbocycles. The van der Waals surface area contributed by atoms with Crippen LogP contribution in [0.25, 0.3) is 0 Å². The molecule has 3 aromatic rings. The first kappa shape index (κ1) is 30.7. The van der Waals surface area contributed by atoms with Crippen molar-refractivity contribution < 1.29 is 41.7 Å². The number of ether oxygens (including phenoxy) is 1. The second kappa shape index (κ2) is 12.3. The first-order valence-corrected chi connectivity index (χ1v) is 13.6. The van der Waals surface area contributed by atoms with E-state index in [-0.39, 0.29) is 29.5 Å². The minimum atomic E-state index is -4.95. The molecule has 1 saturated carbocycles. The van der Waals surface area contributed by atoms with Crippen LogP contribution in [-0.2, 0) is 17.4 Å². The average molecular weight is 590 g/mol. The topological polar surface area (TPSA) is 107 Å². The molecule has 0 radical (unpaired) electrons. The summed E-state index contributed by atoms with van der Waals surface area (Å²) < 4.78 is 63.1. The molecular weight excluding hydrogens is 558 g/mol. The van der Waals surface area contributed by atoms with Gasteiger partial charge in [-0.3, -0.25) is 4.79 Å². The predicted molar refractivity (Wildman–Crippen MR) is 145 cm³/mol. The number of aromatic nitrogens is 2. The molecule has 0 spiro atoms. The summed E-state index contributed by atoms with van der Waals surface area (Å²) in [6, 6.07) is 4.85. The SMILES string of the molecule is CC1CCC(C(=O)N(c2cc(F)c(Oc3ncc(Cc4ccc[n+]([O-])c4)cc3C(F)(F)F)cc2C(=O)O)C(C)C)CC1. The standard InChI is InChI=1S/C30H31F4N3O5/c1-17(2)37(28(38)21-8-6-18(3)7-9-21)25-14-24(31)26(13-22(25)29(39)40)42-27-23(30(32,33)34)12-20(15-35-27)11-19-5-4-10-36(41)16-19/h4-5,10,12-18,21H,6-9,11H2,1-3H3,(H,39,40). The lowest BCUT2D eigenvalue weighted by Gasteiger charge is -2.34. The zero-order chi connectivity index (χ0) is 30.8. The van der Waals surface area contributed by atoms with Gasteiger partial charge in [0.15, 0.2) is 24.0 Å². The number of amides is 1. The molecule has 1 aliphatic rings. The first-order valence-electron chi connectivity index (χ1n) is 13.6. The van der Waals surface area contributed by atoms with Crippen LogP contribution in [0, 0.1) is 22.9 Å². The summed E-state index contributed by atoms with van der Waals surface area (Å²) in [7, 11) is 0. The van der Waals surface area contributed by atoms with E-state index in [0.29, 0.717) is 29.1 Å². The molecule has 12 heteroatoms. The van der Waals surface area contributed by atoms with Gasteiger partial charge in [0.1, 0.15) is 5.56 Å². The van der Waals surface area contributed by atoms with E-state index >= 15 is 4.39 Å². The Morgan fingerprint density at radius 1 is 1.17 bits per heavy atom. The number of carboxylic acids is 1. The molecule has 2 heterocycles. The maximum Gasteiger partial charge on any atom is 0.421 e. The third-order valence-corrected chi connectivity index (χ3v) is 7.32. The van der Waals surface area contributed by atoms with E-state index in [1.807, 2.05) is 0 Å². The molecule has 1 N–H and O–H groups in total. The minimum absolute atomic E-state index is 0.0371. The Labute approximate surface area is 240 Å². The van der Waals surface area contributed by atoms with Gasteiger partial charge < -0.3 is 20.0 Å². The van der Waals surface area contributed by atoms with Gasteiger partial charge in [-0.2, -0.15) is 17.9 Å². The molecule has 0 unspecified atom stereocenters. The molecule has 224 valence electrons. The molecule has 0 saturated heterocycles. The molecule has 0 bridgehead atoms. The minimum Gasteiger partial charge on any atom is -0.619 e. The number of hydrogen-bond acceptors (Lipinski definition) is 5. The fourth-order valence-corrected chi connectivity index (χ4v) is 5.17. The molecule has 8 nitrogen and oxygen atoms in total. The summed E-state index contributed by atoms with van der Waals surface area (Å²) in [6.07, 6.45) is 1.49. The van der Waals surface area contributed by atoms with Crippen LogP contribution in [0.1, 0.15) is 73.5 Å². The second-order valence-electron chi connectivity index (χ2n) is 10.9. The van der Waals surface area contributed by atoms with Crippen LogP contribution in [-0.4, -0.2) is 28.0 Å². The van der Waals surface area contributed by atoms with Gasteiger partial charge in [-0.05, 0) is 63.1 Å². The van der Waals surface area contributed by atoms with Gasteiger partial charge in [0.2, 0.25) is 11.8 Å². The van der Waals surface area contributed by atoms with Crippen molar-refractivity contribution in [3.05, 3.63) is 82.2 Å². The van der Waals surface area contributed by atoms with E-state index < -0.39 is 46.8 Å². The number of benzene rings is 1.